The lowest BCUT2D eigenvalue weighted by Gasteiger charge is -2.10. The molecule has 0 radical (unpaired) electrons. The van der Waals surface area contributed by atoms with Crippen molar-refractivity contribution in [3.8, 4) is 5.75 Å². The fourth-order valence-electron chi connectivity index (χ4n) is 2.39. The van der Waals surface area contributed by atoms with E-state index in [-0.39, 0.29) is 17.5 Å². The van der Waals surface area contributed by atoms with E-state index in [0.717, 1.165) is 17.7 Å². The van der Waals surface area contributed by atoms with Crippen LogP contribution in [0.4, 0.5) is 0 Å². The molecule has 0 atom stereocenters. The molecule has 25 heavy (non-hydrogen) atoms. The Bertz CT molecular complexity index is 759. The number of carbonyl (C=O) groups excluding carboxylic acids is 2. The number of nitrogens with one attached hydrogen (secondary N) is 2. The second kappa shape index (κ2) is 8.82. The van der Waals surface area contributed by atoms with Crippen LogP contribution in [-0.4, -0.2) is 37.5 Å². The molecule has 0 fully saturated rings. The maximum atomic E-state index is 12.3. The van der Waals surface area contributed by atoms with Crippen molar-refractivity contribution in [2.45, 2.75) is 19.8 Å². The quantitative estimate of drug-likeness (QED) is 0.809. The van der Waals surface area contributed by atoms with E-state index in [9.17, 15) is 9.59 Å². The Morgan fingerprint density at radius 2 is 1.96 bits per heavy atom. The van der Waals surface area contributed by atoms with E-state index in [2.05, 4.69) is 15.6 Å². The summed E-state index contributed by atoms with van der Waals surface area (Å²) >= 11 is 0. The summed E-state index contributed by atoms with van der Waals surface area (Å²) in [5, 5.41) is 5.37. The molecule has 0 spiro atoms. The lowest BCUT2D eigenvalue weighted by atomic mass is 10.1. The highest BCUT2D eigenvalue weighted by molar-refractivity contribution is 5.98. The number of methoxy groups -OCH3 is 1. The van der Waals surface area contributed by atoms with Gasteiger partial charge in [-0.05, 0) is 36.2 Å². The van der Waals surface area contributed by atoms with Crippen molar-refractivity contribution in [2.24, 2.45) is 0 Å². The predicted molar refractivity (Wildman–Crippen MR) is 96.1 cm³/mol. The van der Waals surface area contributed by atoms with Gasteiger partial charge in [-0.3, -0.25) is 9.59 Å². The summed E-state index contributed by atoms with van der Waals surface area (Å²) in [5.41, 5.74) is 2.29. The molecule has 1 aromatic carbocycles. The number of pyridine rings is 1. The standard InChI is InChI=1S/C19H23N3O3/c1-4-8-21-18(23)14-11-15(22-17(12-14)19(24)20-2)9-13-6-5-7-16(10-13)25-3/h5-7,10-12H,4,8-9H2,1-3H3,(H,20,24)(H,21,23). The summed E-state index contributed by atoms with van der Waals surface area (Å²) in [6.45, 7) is 2.57. The smallest absolute Gasteiger partial charge is 0.269 e. The molecule has 2 N–H and O–H groups in total. The molecule has 132 valence electrons. The van der Waals surface area contributed by atoms with Crippen molar-refractivity contribution in [3.63, 3.8) is 0 Å². The zero-order chi connectivity index (χ0) is 18.2. The average Bonchev–Trinajstić information content (AvgIpc) is 2.65. The molecule has 6 nitrogen and oxygen atoms in total. The monoisotopic (exact) mass is 341 g/mol. The van der Waals surface area contributed by atoms with Crippen molar-refractivity contribution < 1.29 is 14.3 Å². The normalized spacial score (nSPS) is 10.2. The van der Waals surface area contributed by atoms with Gasteiger partial charge in [0.1, 0.15) is 11.4 Å². The van der Waals surface area contributed by atoms with E-state index >= 15 is 0 Å². The highest BCUT2D eigenvalue weighted by Crippen LogP contribution is 2.17. The Kier molecular flexibility index (Phi) is 6.51. The Balaban J connectivity index is 2.34. The van der Waals surface area contributed by atoms with E-state index in [1.165, 1.54) is 13.1 Å². The Hall–Kier alpha value is -2.89. The molecule has 0 aliphatic carbocycles. The number of rotatable bonds is 7. The number of carbonyl (C=O) groups is 2. The second-order valence-corrected chi connectivity index (χ2v) is 5.60. The Morgan fingerprint density at radius 1 is 1.16 bits per heavy atom. The third kappa shape index (κ3) is 5.04. The SMILES string of the molecule is CCCNC(=O)c1cc(Cc2cccc(OC)c2)nc(C(=O)NC)c1. The van der Waals surface area contributed by atoms with Gasteiger partial charge in [0.05, 0.1) is 7.11 Å². The number of nitrogens with zero attached hydrogens (tertiary/aromatic N) is 1. The summed E-state index contributed by atoms with van der Waals surface area (Å²) in [6, 6.07) is 10.8. The van der Waals surface area contributed by atoms with Crippen LogP contribution in [0.1, 0.15) is 45.4 Å². The summed E-state index contributed by atoms with van der Waals surface area (Å²) in [5.74, 6) is 0.221. The van der Waals surface area contributed by atoms with Crippen LogP contribution in [0.3, 0.4) is 0 Å². The van der Waals surface area contributed by atoms with Crippen LogP contribution in [0.15, 0.2) is 36.4 Å². The molecule has 0 aliphatic rings. The first-order valence-corrected chi connectivity index (χ1v) is 8.21. The Morgan fingerprint density at radius 3 is 2.64 bits per heavy atom. The number of hydrogen-bond donors (Lipinski definition) is 2. The number of aromatic nitrogens is 1. The van der Waals surface area contributed by atoms with E-state index in [1.54, 1.807) is 13.2 Å². The number of hydrogen-bond acceptors (Lipinski definition) is 4. The van der Waals surface area contributed by atoms with Crippen LogP contribution in [0, 0.1) is 0 Å². The molecule has 2 rings (SSSR count). The van der Waals surface area contributed by atoms with Gasteiger partial charge in [-0.25, -0.2) is 4.98 Å². The van der Waals surface area contributed by atoms with Gasteiger partial charge in [0, 0.05) is 31.3 Å². The number of amides is 2. The van der Waals surface area contributed by atoms with E-state index in [1.807, 2.05) is 31.2 Å². The van der Waals surface area contributed by atoms with Crippen LogP contribution in [0.2, 0.25) is 0 Å². The molecule has 0 saturated heterocycles. The zero-order valence-electron chi connectivity index (χ0n) is 14.8. The minimum Gasteiger partial charge on any atom is -0.497 e. The first kappa shape index (κ1) is 18.4. The van der Waals surface area contributed by atoms with Gasteiger partial charge in [0.15, 0.2) is 0 Å². The molecule has 2 amide bonds. The van der Waals surface area contributed by atoms with Crippen molar-refractivity contribution in [1.29, 1.82) is 0 Å². The topological polar surface area (TPSA) is 80.3 Å². The molecule has 0 bridgehead atoms. The van der Waals surface area contributed by atoms with Crippen LogP contribution in [0.25, 0.3) is 0 Å². The van der Waals surface area contributed by atoms with Gasteiger partial charge >= 0.3 is 0 Å². The van der Waals surface area contributed by atoms with E-state index in [4.69, 9.17) is 4.74 Å². The number of benzene rings is 1. The van der Waals surface area contributed by atoms with Gasteiger partial charge in [-0.1, -0.05) is 19.1 Å². The van der Waals surface area contributed by atoms with Crippen molar-refractivity contribution >= 4 is 11.8 Å². The van der Waals surface area contributed by atoms with E-state index in [0.29, 0.717) is 24.2 Å². The summed E-state index contributed by atoms with van der Waals surface area (Å²) in [7, 11) is 3.15. The van der Waals surface area contributed by atoms with Crippen LogP contribution in [0.5, 0.6) is 5.75 Å². The van der Waals surface area contributed by atoms with E-state index < -0.39 is 0 Å². The molecule has 0 unspecified atom stereocenters. The van der Waals surface area contributed by atoms with Gasteiger partial charge in [-0.15, -0.1) is 0 Å². The van der Waals surface area contributed by atoms with Gasteiger partial charge in [-0.2, -0.15) is 0 Å². The summed E-state index contributed by atoms with van der Waals surface area (Å²) < 4.78 is 5.23. The summed E-state index contributed by atoms with van der Waals surface area (Å²) in [4.78, 5) is 28.6. The first-order chi connectivity index (χ1) is 12.1. The summed E-state index contributed by atoms with van der Waals surface area (Å²) in [6.07, 6.45) is 1.34. The van der Waals surface area contributed by atoms with Gasteiger partial charge in [0.2, 0.25) is 0 Å². The maximum Gasteiger partial charge on any atom is 0.269 e. The molecule has 0 saturated carbocycles. The lowest BCUT2D eigenvalue weighted by Crippen LogP contribution is -2.26. The largest absolute Gasteiger partial charge is 0.497 e. The maximum absolute atomic E-state index is 12.3. The molecule has 2 aromatic rings. The van der Waals surface area contributed by atoms with Crippen LogP contribution >= 0.6 is 0 Å². The predicted octanol–water partition coefficient (Wildman–Crippen LogP) is 2.18. The van der Waals surface area contributed by atoms with Crippen molar-refractivity contribution in [2.75, 3.05) is 20.7 Å². The fraction of sp³-hybridized carbons (Fsp3) is 0.316. The third-order valence-corrected chi connectivity index (χ3v) is 3.66. The van der Waals surface area contributed by atoms with Gasteiger partial charge in [0.25, 0.3) is 11.8 Å². The molecule has 1 heterocycles. The van der Waals surface area contributed by atoms with Crippen molar-refractivity contribution in [1.82, 2.24) is 15.6 Å². The lowest BCUT2D eigenvalue weighted by molar-refractivity contribution is 0.0953. The van der Waals surface area contributed by atoms with Crippen LogP contribution < -0.4 is 15.4 Å². The highest BCUT2D eigenvalue weighted by Gasteiger charge is 2.14. The zero-order valence-corrected chi connectivity index (χ0v) is 14.8. The van der Waals surface area contributed by atoms with Crippen LogP contribution in [-0.2, 0) is 6.42 Å². The molecule has 1 aromatic heterocycles. The van der Waals surface area contributed by atoms with Gasteiger partial charge < -0.3 is 15.4 Å². The minimum absolute atomic E-state index is 0.207. The van der Waals surface area contributed by atoms with Crippen molar-refractivity contribution in [3.05, 3.63) is 58.9 Å². The average molecular weight is 341 g/mol. The highest BCUT2D eigenvalue weighted by atomic mass is 16.5. The minimum atomic E-state index is -0.322. The second-order valence-electron chi connectivity index (χ2n) is 5.60. The first-order valence-electron chi connectivity index (χ1n) is 8.21. The third-order valence-electron chi connectivity index (χ3n) is 3.66. The number of ether oxygens (including phenoxy) is 1. The molecule has 6 heteroatoms. The molecular formula is C19H23N3O3. The Labute approximate surface area is 147 Å². The fourth-order valence-corrected chi connectivity index (χ4v) is 2.39. The molecule has 0 aliphatic heterocycles. The molecular weight excluding hydrogens is 318 g/mol.